The van der Waals surface area contributed by atoms with E-state index in [1.54, 1.807) is 26.1 Å². The van der Waals surface area contributed by atoms with Crippen LogP contribution in [0.25, 0.3) is 15.9 Å². The number of nitrogens with one attached hydrogen (secondary N) is 1. The number of nitrogens with zero attached hydrogens (tertiary/aromatic N) is 4. The predicted octanol–water partition coefficient (Wildman–Crippen LogP) is 3.78. The zero-order valence-corrected chi connectivity index (χ0v) is 18.2. The summed E-state index contributed by atoms with van der Waals surface area (Å²) in [4.78, 5) is 35.1. The Kier molecular flexibility index (Phi) is 4.95. The van der Waals surface area contributed by atoms with Crippen molar-refractivity contribution in [3.63, 3.8) is 0 Å². The number of carbonyl (C=O) groups excluding carboxylic acids is 1. The second-order valence-electron chi connectivity index (χ2n) is 7.37. The summed E-state index contributed by atoms with van der Waals surface area (Å²) in [6, 6.07) is 13.0. The molecule has 0 unspecified atom stereocenters. The Labute approximate surface area is 186 Å². The molecule has 0 aliphatic heterocycles. The van der Waals surface area contributed by atoms with Gasteiger partial charge in [0.1, 0.15) is 22.8 Å². The second kappa shape index (κ2) is 7.93. The minimum Gasteiger partial charge on any atom is -0.487 e. The average molecular weight is 446 g/mol. The maximum atomic E-state index is 12.9. The van der Waals surface area contributed by atoms with Gasteiger partial charge in [-0.25, -0.2) is 9.97 Å². The fourth-order valence-electron chi connectivity index (χ4n) is 3.49. The minimum atomic E-state index is -0.287. The fraction of sp³-hybridized carbons (Fsp3) is 0.130. The lowest BCUT2D eigenvalue weighted by Gasteiger charge is -2.08. The highest BCUT2D eigenvalue weighted by molar-refractivity contribution is 7.20. The fourth-order valence-corrected chi connectivity index (χ4v) is 4.53. The minimum absolute atomic E-state index is 0.162. The highest BCUT2D eigenvalue weighted by Gasteiger charge is 2.19. The van der Waals surface area contributed by atoms with Gasteiger partial charge >= 0.3 is 0 Å². The SMILES string of the molecule is Cc1c(C(=O)Nc2cccc(OCc3cn4ccccc4n3)c2)sc2ncn(C)c(=O)c12. The van der Waals surface area contributed by atoms with Gasteiger partial charge in [0.15, 0.2) is 0 Å². The number of rotatable bonds is 5. The molecule has 8 nitrogen and oxygen atoms in total. The molecule has 4 heterocycles. The van der Waals surface area contributed by atoms with Crippen molar-refractivity contribution in [3.05, 3.63) is 87.7 Å². The van der Waals surface area contributed by atoms with E-state index in [1.807, 2.05) is 47.1 Å². The van der Waals surface area contributed by atoms with Crippen LogP contribution in [0.4, 0.5) is 5.69 Å². The molecule has 160 valence electrons. The van der Waals surface area contributed by atoms with E-state index in [1.165, 1.54) is 22.2 Å². The first-order valence-electron chi connectivity index (χ1n) is 9.91. The van der Waals surface area contributed by atoms with Crippen molar-refractivity contribution in [2.75, 3.05) is 5.32 Å². The molecule has 1 aromatic carbocycles. The highest BCUT2D eigenvalue weighted by Crippen LogP contribution is 2.28. The van der Waals surface area contributed by atoms with Gasteiger partial charge in [0, 0.05) is 31.2 Å². The van der Waals surface area contributed by atoms with Crippen LogP contribution in [0.5, 0.6) is 5.75 Å². The normalized spacial score (nSPS) is 11.2. The van der Waals surface area contributed by atoms with Crippen molar-refractivity contribution < 1.29 is 9.53 Å². The van der Waals surface area contributed by atoms with Crippen molar-refractivity contribution in [2.45, 2.75) is 13.5 Å². The number of imidazole rings is 1. The van der Waals surface area contributed by atoms with E-state index in [-0.39, 0.29) is 11.5 Å². The molecule has 5 rings (SSSR count). The van der Waals surface area contributed by atoms with Gasteiger partial charge < -0.3 is 19.0 Å². The Morgan fingerprint density at radius 1 is 1.22 bits per heavy atom. The van der Waals surface area contributed by atoms with Gasteiger partial charge in [-0.3, -0.25) is 9.59 Å². The number of pyridine rings is 1. The van der Waals surface area contributed by atoms with E-state index in [0.29, 0.717) is 38.7 Å². The van der Waals surface area contributed by atoms with Crippen LogP contribution >= 0.6 is 11.3 Å². The van der Waals surface area contributed by atoms with Crippen molar-refractivity contribution in [1.29, 1.82) is 0 Å². The van der Waals surface area contributed by atoms with Crippen LogP contribution in [-0.2, 0) is 13.7 Å². The number of hydrogen-bond acceptors (Lipinski definition) is 6. The van der Waals surface area contributed by atoms with E-state index in [4.69, 9.17) is 4.74 Å². The number of carbonyl (C=O) groups is 1. The molecule has 0 aliphatic rings. The van der Waals surface area contributed by atoms with Gasteiger partial charge in [0.05, 0.1) is 22.3 Å². The lowest BCUT2D eigenvalue weighted by atomic mass is 10.2. The number of thiophene rings is 1. The molecule has 32 heavy (non-hydrogen) atoms. The monoisotopic (exact) mass is 445 g/mol. The summed E-state index contributed by atoms with van der Waals surface area (Å²) in [7, 11) is 1.64. The smallest absolute Gasteiger partial charge is 0.266 e. The van der Waals surface area contributed by atoms with Crippen molar-refractivity contribution in [2.24, 2.45) is 7.05 Å². The lowest BCUT2D eigenvalue weighted by Crippen LogP contribution is -2.17. The Bertz CT molecular complexity index is 1500. The molecule has 0 radical (unpaired) electrons. The summed E-state index contributed by atoms with van der Waals surface area (Å²) in [6.07, 6.45) is 5.32. The standard InChI is InChI=1S/C23H19N5O3S/c1-14-19-22(24-13-27(2)23(19)30)32-20(14)21(29)26-15-6-5-7-17(10-15)31-12-16-11-28-9-4-3-8-18(28)25-16/h3-11,13H,12H2,1-2H3,(H,26,29). The molecule has 5 aromatic rings. The number of aryl methyl sites for hydroxylation is 2. The number of amides is 1. The summed E-state index contributed by atoms with van der Waals surface area (Å²) in [5, 5.41) is 3.37. The van der Waals surface area contributed by atoms with Gasteiger partial charge in [-0.1, -0.05) is 12.1 Å². The summed E-state index contributed by atoms with van der Waals surface area (Å²) < 4.78 is 9.22. The van der Waals surface area contributed by atoms with Crippen molar-refractivity contribution in [1.82, 2.24) is 18.9 Å². The topological polar surface area (TPSA) is 90.5 Å². The van der Waals surface area contributed by atoms with E-state index in [2.05, 4.69) is 15.3 Å². The van der Waals surface area contributed by atoms with Crippen LogP contribution in [0.3, 0.4) is 0 Å². The molecule has 0 spiro atoms. The van der Waals surface area contributed by atoms with Gasteiger partial charge in [-0.2, -0.15) is 0 Å². The zero-order chi connectivity index (χ0) is 22.2. The summed E-state index contributed by atoms with van der Waals surface area (Å²) in [5.74, 6) is 0.327. The molecule has 1 N–H and O–H groups in total. The Hall–Kier alpha value is -3.98. The van der Waals surface area contributed by atoms with Crippen LogP contribution in [0.1, 0.15) is 20.9 Å². The number of aromatic nitrogens is 4. The number of anilines is 1. The highest BCUT2D eigenvalue weighted by atomic mass is 32.1. The van der Waals surface area contributed by atoms with E-state index in [9.17, 15) is 9.59 Å². The number of fused-ring (bicyclic) bond motifs is 2. The number of hydrogen-bond donors (Lipinski definition) is 1. The molecular formula is C23H19N5O3S. The van der Waals surface area contributed by atoms with Crippen LogP contribution in [-0.4, -0.2) is 24.8 Å². The molecule has 4 aromatic heterocycles. The van der Waals surface area contributed by atoms with Crippen molar-refractivity contribution in [3.8, 4) is 5.75 Å². The first kappa shape index (κ1) is 20.0. The zero-order valence-electron chi connectivity index (χ0n) is 17.4. The molecular weight excluding hydrogens is 426 g/mol. The molecule has 0 atom stereocenters. The second-order valence-corrected chi connectivity index (χ2v) is 8.37. The molecule has 0 bridgehead atoms. The molecule has 0 aliphatic carbocycles. The van der Waals surface area contributed by atoms with Crippen LogP contribution < -0.4 is 15.6 Å². The Morgan fingerprint density at radius 2 is 2.09 bits per heavy atom. The first-order chi connectivity index (χ1) is 15.5. The quantitative estimate of drug-likeness (QED) is 0.445. The van der Waals surface area contributed by atoms with Crippen LogP contribution in [0, 0.1) is 6.92 Å². The maximum Gasteiger partial charge on any atom is 0.266 e. The van der Waals surface area contributed by atoms with Crippen LogP contribution in [0.2, 0.25) is 0 Å². The third kappa shape index (κ3) is 3.63. The lowest BCUT2D eigenvalue weighted by molar-refractivity contribution is 0.103. The summed E-state index contributed by atoms with van der Waals surface area (Å²) in [6.45, 7) is 2.08. The molecule has 9 heteroatoms. The molecule has 1 amide bonds. The van der Waals surface area contributed by atoms with Gasteiger partial charge in [0.2, 0.25) is 0 Å². The van der Waals surface area contributed by atoms with E-state index in [0.717, 1.165) is 11.3 Å². The van der Waals surface area contributed by atoms with Crippen molar-refractivity contribution >= 4 is 38.8 Å². The summed E-state index contributed by atoms with van der Waals surface area (Å²) >= 11 is 1.21. The van der Waals surface area contributed by atoms with E-state index < -0.39 is 0 Å². The maximum absolute atomic E-state index is 12.9. The first-order valence-corrected chi connectivity index (χ1v) is 10.7. The number of ether oxygens (including phenoxy) is 1. The Morgan fingerprint density at radius 3 is 2.94 bits per heavy atom. The molecule has 0 saturated carbocycles. The van der Waals surface area contributed by atoms with Gasteiger partial charge in [-0.05, 0) is 36.8 Å². The number of benzene rings is 1. The molecule has 0 saturated heterocycles. The summed E-state index contributed by atoms with van der Waals surface area (Å²) in [5.41, 5.74) is 2.73. The molecule has 0 fully saturated rings. The third-order valence-corrected chi connectivity index (χ3v) is 6.31. The predicted molar refractivity (Wildman–Crippen MR) is 124 cm³/mol. The largest absolute Gasteiger partial charge is 0.487 e. The van der Waals surface area contributed by atoms with E-state index >= 15 is 0 Å². The van der Waals surface area contributed by atoms with Gasteiger partial charge in [-0.15, -0.1) is 11.3 Å². The third-order valence-electron chi connectivity index (χ3n) is 5.11. The Balaban J connectivity index is 1.33. The van der Waals surface area contributed by atoms with Crippen LogP contribution in [0.15, 0.2) is 66.0 Å². The average Bonchev–Trinajstić information content (AvgIpc) is 3.36. The van der Waals surface area contributed by atoms with Gasteiger partial charge in [0.25, 0.3) is 11.5 Å².